The van der Waals surface area contributed by atoms with Crippen LogP contribution < -0.4 is 0 Å². The zero-order valence-corrected chi connectivity index (χ0v) is 11.2. The molecule has 3 rings (SSSR count). The van der Waals surface area contributed by atoms with E-state index in [-0.39, 0.29) is 0 Å². The molecule has 0 fully saturated rings. The van der Waals surface area contributed by atoms with Crippen LogP contribution in [0.15, 0.2) is 33.5 Å². The Balaban J connectivity index is 2.00. The molecule has 0 saturated heterocycles. The Morgan fingerprint density at radius 1 is 1.24 bits per heavy atom. The van der Waals surface area contributed by atoms with E-state index in [1.807, 2.05) is 32.0 Å². The largest absolute Gasteiger partial charge is 0.281 e. The number of rotatable bonds is 2. The van der Waals surface area contributed by atoms with E-state index in [1.165, 1.54) is 9.60 Å². The number of aromatic amines is 1. The van der Waals surface area contributed by atoms with Gasteiger partial charge in [-0.3, -0.25) is 5.10 Å². The second-order valence-electron chi connectivity index (χ2n) is 3.81. The Bertz CT molecular complexity index is 617. The van der Waals surface area contributed by atoms with Crippen LogP contribution >= 0.6 is 23.1 Å². The fourth-order valence-corrected chi connectivity index (χ4v) is 3.77. The number of nitrogens with zero attached hydrogens (tertiary/aromatic N) is 2. The highest BCUT2D eigenvalue weighted by Crippen LogP contribution is 2.36. The van der Waals surface area contributed by atoms with Gasteiger partial charge >= 0.3 is 0 Å². The van der Waals surface area contributed by atoms with Crippen LogP contribution in [0.2, 0.25) is 0 Å². The molecule has 0 aliphatic heterocycles. The number of fused-ring (bicyclic) bond motifs is 1. The maximum absolute atomic E-state index is 4.61. The summed E-state index contributed by atoms with van der Waals surface area (Å²) >= 11 is 3.41. The van der Waals surface area contributed by atoms with Crippen molar-refractivity contribution in [2.75, 3.05) is 0 Å². The van der Waals surface area contributed by atoms with E-state index < -0.39 is 0 Å². The van der Waals surface area contributed by atoms with Crippen molar-refractivity contribution in [1.82, 2.24) is 15.2 Å². The van der Waals surface area contributed by atoms with Crippen molar-refractivity contribution in [3.63, 3.8) is 0 Å². The first-order valence-electron chi connectivity index (χ1n) is 5.29. The fourth-order valence-electron chi connectivity index (χ4n) is 1.67. The molecule has 2 heterocycles. The molecule has 1 aromatic carbocycles. The Hall–Kier alpha value is -1.33. The average Bonchev–Trinajstić information content (AvgIpc) is 2.87. The van der Waals surface area contributed by atoms with Crippen LogP contribution in [-0.4, -0.2) is 15.2 Å². The highest BCUT2D eigenvalue weighted by molar-refractivity contribution is 8.01. The summed E-state index contributed by atoms with van der Waals surface area (Å²) in [5, 5.41) is 7.19. The zero-order chi connectivity index (χ0) is 11.8. The molecule has 0 amide bonds. The Labute approximate surface area is 107 Å². The monoisotopic (exact) mass is 261 g/mol. The molecule has 0 unspecified atom stereocenters. The van der Waals surface area contributed by atoms with E-state index in [4.69, 9.17) is 0 Å². The quantitative estimate of drug-likeness (QED) is 0.763. The summed E-state index contributed by atoms with van der Waals surface area (Å²) in [6.07, 6.45) is 0. The van der Waals surface area contributed by atoms with Gasteiger partial charge in [-0.05, 0) is 26.0 Å². The molecular weight excluding hydrogens is 250 g/mol. The summed E-state index contributed by atoms with van der Waals surface area (Å²) in [6.45, 7) is 4.05. The Morgan fingerprint density at radius 2 is 2.06 bits per heavy atom. The minimum atomic E-state index is 1.03. The summed E-state index contributed by atoms with van der Waals surface area (Å²) in [4.78, 5) is 5.79. The van der Waals surface area contributed by atoms with Gasteiger partial charge in [0, 0.05) is 5.69 Å². The fraction of sp³-hybridized carbons (Fsp3) is 0.167. The van der Waals surface area contributed by atoms with Gasteiger partial charge in [-0.15, -0.1) is 11.3 Å². The summed E-state index contributed by atoms with van der Waals surface area (Å²) in [5.74, 6) is 0. The first kappa shape index (κ1) is 10.8. The van der Waals surface area contributed by atoms with Crippen molar-refractivity contribution in [3.8, 4) is 0 Å². The minimum absolute atomic E-state index is 1.03. The molecule has 3 aromatic rings. The van der Waals surface area contributed by atoms with Gasteiger partial charge in [-0.25, -0.2) is 4.98 Å². The highest BCUT2D eigenvalue weighted by atomic mass is 32.2. The topological polar surface area (TPSA) is 41.6 Å². The van der Waals surface area contributed by atoms with Crippen LogP contribution in [0.25, 0.3) is 10.2 Å². The standard InChI is InChI=1S/C12H11N3S2/c1-7-11(8(2)15-14-7)17-12-13-9-5-3-4-6-10(9)16-12/h3-6H,1-2H3,(H,14,15). The van der Waals surface area contributed by atoms with E-state index in [0.29, 0.717) is 0 Å². The number of H-pyrrole nitrogens is 1. The number of aryl methyl sites for hydroxylation is 2. The van der Waals surface area contributed by atoms with Crippen molar-refractivity contribution in [1.29, 1.82) is 0 Å². The average molecular weight is 261 g/mol. The Kier molecular flexibility index (Phi) is 2.64. The van der Waals surface area contributed by atoms with Crippen LogP contribution in [0, 0.1) is 13.8 Å². The predicted octanol–water partition coefficient (Wildman–Crippen LogP) is 3.79. The lowest BCUT2D eigenvalue weighted by atomic mass is 10.3. The van der Waals surface area contributed by atoms with Gasteiger partial charge in [0.2, 0.25) is 0 Å². The number of benzene rings is 1. The van der Waals surface area contributed by atoms with E-state index in [1.54, 1.807) is 23.1 Å². The van der Waals surface area contributed by atoms with Crippen molar-refractivity contribution in [2.45, 2.75) is 23.1 Å². The Morgan fingerprint density at radius 3 is 2.76 bits per heavy atom. The maximum atomic E-state index is 4.61. The van der Waals surface area contributed by atoms with Gasteiger partial charge in [0.1, 0.15) is 0 Å². The summed E-state index contributed by atoms with van der Waals surface area (Å²) in [6, 6.07) is 8.21. The van der Waals surface area contributed by atoms with E-state index in [0.717, 1.165) is 21.2 Å². The van der Waals surface area contributed by atoms with Crippen molar-refractivity contribution >= 4 is 33.3 Å². The lowest BCUT2D eigenvalue weighted by Crippen LogP contribution is -1.76. The zero-order valence-electron chi connectivity index (χ0n) is 9.52. The van der Waals surface area contributed by atoms with Gasteiger partial charge in [0.25, 0.3) is 0 Å². The third kappa shape index (κ3) is 1.96. The van der Waals surface area contributed by atoms with Crippen LogP contribution in [0.3, 0.4) is 0 Å². The van der Waals surface area contributed by atoms with Gasteiger partial charge < -0.3 is 0 Å². The molecule has 0 aliphatic rings. The number of thiazole rings is 1. The number of hydrogen-bond acceptors (Lipinski definition) is 4. The molecule has 0 atom stereocenters. The number of hydrogen-bond donors (Lipinski definition) is 1. The lowest BCUT2D eigenvalue weighted by Gasteiger charge is -1.95. The molecule has 2 aromatic heterocycles. The van der Waals surface area contributed by atoms with Crippen molar-refractivity contribution in [3.05, 3.63) is 35.7 Å². The SMILES string of the molecule is Cc1n[nH]c(C)c1Sc1nc2ccccc2s1. The van der Waals surface area contributed by atoms with E-state index in [2.05, 4.69) is 21.2 Å². The number of para-hydroxylation sites is 1. The first-order valence-corrected chi connectivity index (χ1v) is 6.92. The summed E-state index contributed by atoms with van der Waals surface area (Å²) < 4.78 is 2.30. The van der Waals surface area contributed by atoms with Crippen molar-refractivity contribution in [2.24, 2.45) is 0 Å². The summed E-state index contributed by atoms with van der Waals surface area (Å²) in [5.41, 5.74) is 3.21. The van der Waals surface area contributed by atoms with Crippen LogP contribution in [0.5, 0.6) is 0 Å². The molecule has 0 aliphatic carbocycles. The third-order valence-corrected chi connectivity index (χ3v) is 4.93. The predicted molar refractivity (Wildman–Crippen MR) is 71.8 cm³/mol. The van der Waals surface area contributed by atoms with Gasteiger partial charge in [-0.1, -0.05) is 23.9 Å². The third-order valence-electron chi connectivity index (χ3n) is 2.52. The molecule has 0 bridgehead atoms. The molecule has 0 radical (unpaired) electrons. The molecule has 5 heteroatoms. The normalized spacial score (nSPS) is 11.2. The molecule has 17 heavy (non-hydrogen) atoms. The minimum Gasteiger partial charge on any atom is -0.281 e. The molecule has 0 spiro atoms. The molecule has 86 valence electrons. The highest BCUT2D eigenvalue weighted by Gasteiger charge is 2.11. The van der Waals surface area contributed by atoms with Crippen LogP contribution in [-0.2, 0) is 0 Å². The van der Waals surface area contributed by atoms with E-state index in [9.17, 15) is 0 Å². The van der Waals surface area contributed by atoms with Gasteiger partial charge in [-0.2, -0.15) is 5.10 Å². The molecule has 1 N–H and O–H groups in total. The summed E-state index contributed by atoms with van der Waals surface area (Å²) in [7, 11) is 0. The van der Waals surface area contributed by atoms with Crippen LogP contribution in [0.4, 0.5) is 0 Å². The van der Waals surface area contributed by atoms with Gasteiger partial charge in [0.05, 0.1) is 20.8 Å². The smallest absolute Gasteiger partial charge is 0.156 e. The second-order valence-corrected chi connectivity index (χ2v) is 6.10. The van der Waals surface area contributed by atoms with E-state index >= 15 is 0 Å². The second kappa shape index (κ2) is 4.16. The van der Waals surface area contributed by atoms with Crippen LogP contribution in [0.1, 0.15) is 11.4 Å². The number of aromatic nitrogens is 3. The molecular formula is C12H11N3S2. The number of nitrogens with one attached hydrogen (secondary N) is 1. The van der Waals surface area contributed by atoms with Crippen molar-refractivity contribution < 1.29 is 0 Å². The maximum Gasteiger partial charge on any atom is 0.156 e. The van der Waals surface area contributed by atoms with Gasteiger partial charge in [0.15, 0.2) is 4.34 Å². The molecule has 0 saturated carbocycles. The lowest BCUT2D eigenvalue weighted by molar-refractivity contribution is 1.02. The first-order chi connectivity index (χ1) is 8.24. The molecule has 3 nitrogen and oxygen atoms in total.